The molecule has 0 amide bonds. The maximum Gasteiger partial charge on any atom is 0.343 e. The number of nitrogens with zero attached hydrogens (tertiary/aromatic N) is 2. The van der Waals surface area contributed by atoms with E-state index in [1.54, 1.807) is 42.6 Å². The molecule has 0 bridgehead atoms. The Balaban J connectivity index is 1.70. The second-order valence-corrected chi connectivity index (χ2v) is 6.28. The number of hydrazone groups is 1. The molecule has 1 N–H and O–H groups in total. The molecule has 3 rings (SSSR count). The lowest BCUT2D eigenvalue weighted by Crippen LogP contribution is -2.09. The SMILES string of the molecule is COc1cc(/C=N\Nc2ccc(C)c(Cl)c2)ccc1OC(=O)c1ccncc1. The molecule has 6 nitrogen and oxygen atoms in total. The monoisotopic (exact) mass is 395 g/mol. The molecule has 0 aliphatic carbocycles. The summed E-state index contributed by atoms with van der Waals surface area (Å²) < 4.78 is 10.7. The van der Waals surface area contributed by atoms with Crippen LogP contribution in [0.3, 0.4) is 0 Å². The molecule has 0 fully saturated rings. The Morgan fingerprint density at radius 3 is 2.61 bits per heavy atom. The topological polar surface area (TPSA) is 72.8 Å². The number of hydrogen-bond acceptors (Lipinski definition) is 6. The van der Waals surface area contributed by atoms with E-state index in [4.69, 9.17) is 21.1 Å². The highest BCUT2D eigenvalue weighted by Crippen LogP contribution is 2.28. The summed E-state index contributed by atoms with van der Waals surface area (Å²) >= 11 is 6.10. The molecule has 142 valence electrons. The van der Waals surface area contributed by atoms with Crippen molar-refractivity contribution < 1.29 is 14.3 Å². The van der Waals surface area contributed by atoms with Crippen molar-refractivity contribution in [3.63, 3.8) is 0 Å². The molecule has 3 aromatic rings. The van der Waals surface area contributed by atoms with E-state index in [0.717, 1.165) is 16.8 Å². The number of anilines is 1. The lowest BCUT2D eigenvalue weighted by atomic mass is 10.2. The number of pyridine rings is 1. The number of carbonyl (C=O) groups is 1. The summed E-state index contributed by atoms with van der Waals surface area (Å²) in [4.78, 5) is 16.1. The standard InChI is InChI=1S/C21H18ClN3O3/c1-14-3-5-17(12-18(14)22)25-24-13-15-4-6-19(20(11-15)27-2)28-21(26)16-7-9-23-10-8-16/h3-13,25H,1-2H3/b24-13-. The Morgan fingerprint density at radius 1 is 1.11 bits per heavy atom. The van der Waals surface area contributed by atoms with E-state index in [0.29, 0.717) is 22.1 Å². The van der Waals surface area contributed by atoms with Gasteiger partial charge in [-0.05, 0) is 60.5 Å². The highest BCUT2D eigenvalue weighted by Gasteiger charge is 2.12. The van der Waals surface area contributed by atoms with Gasteiger partial charge in [0.1, 0.15) is 0 Å². The largest absolute Gasteiger partial charge is 0.493 e. The molecule has 0 aliphatic rings. The van der Waals surface area contributed by atoms with E-state index in [1.807, 2.05) is 19.1 Å². The summed E-state index contributed by atoms with van der Waals surface area (Å²) in [5.74, 6) is 0.254. The zero-order chi connectivity index (χ0) is 19.9. The zero-order valence-electron chi connectivity index (χ0n) is 15.3. The number of aryl methyl sites for hydroxylation is 1. The molecule has 0 saturated heterocycles. The van der Waals surface area contributed by atoms with Crippen molar-refractivity contribution >= 4 is 29.5 Å². The highest BCUT2D eigenvalue weighted by atomic mass is 35.5. The third-order valence-electron chi connectivity index (χ3n) is 3.89. The molecular formula is C21H18ClN3O3. The van der Waals surface area contributed by atoms with Gasteiger partial charge in [-0.2, -0.15) is 5.10 Å². The second kappa shape index (κ2) is 9.01. The predicted octanol–water partition coefficient (Wildman–Crippen LogP) is 4.72. The fraction of sp³-hybridized carbons (Fsp3) is 0.0952. The van der Waals surface area contributed by atoms with Crippen LogP contribution in [0, 0.1) is 6.92 Å². The van der Waals surface area contributed by atoms with Gasteiger partial charge < -0.3 is 9.47 Å². The van der Waals surface area contributed by atoms with Crippen molar-refractivity contribution in [3.05, 3.63) is 82.6 Å². The van der Waals surface area contributed by atoms with Gasteiger partial charge in [0, 0.05) is 17.4 Å². The zero-order valence-corrected chi connectivity index (χ0v) is 16.1. The third-order valence-corrected chi connectivity index (χ3v) is 4.29. The van der Waals surface area contributed by atoms with Gasteiger partial charge in [0.25, 0.3) is 0 Å². The minimum atomic E-state index is -0.486. The maximum absolute atomic E-state index is 12.2. The third kappa shape index (κ3) is 4.86. The molecule has 0 atom stereocenters. The van der Waals surface area contributed by atoms with Crippen molar-refractivity contribution in [2.75, 3.05) is 12.5 Å². The van der Waals surface area contributed by atoms with E-state index >= 15 is 0 Å². The number of ether oxygens (including phenoxy) is 2. The molecule has 28 heavy (non-hydrogen) atoms. The Hall–Kier alpha value is -3.38. The summed E-state index contributed by atoms with van der Waals surface area (Å²) in [6.45, 7) is 1.94. The molecule has 0 spiro atoms. The van der Waals surface area contributed by atoms with Crippen LogP contribution in [0.5, 0.6) is 11.5 Å². The number of aromatic nitrogens is 1. The van der Waals surface area contributed by atoms with E-state index in [1.165, 1.54) is 19.5 Å². The van der Waals surface area contributed by atoms with Crippen molar-refractivity contribution in [1.82, 2.24) is 4.98 Å². The summed E-state index contributed by atoms with van der Waals surface area (Å²) in [6.07, 6.45) is 4.69. The number of hydrogen-bond donors (Lipinski definition) is 1. The summed E-state index contributed by atoms with van der Waals surface area (Å²) in [6, 6.07) is 13.9. The molecule has 1 aromatic heterocycles. The normalized spacial score (nSPS) is 10.7. The lowest BCUT2D eigenvalue weighted by molar-refractivity contribution is 0.0729. The van der Waals surface area contributed by atoms with Gasteiger partial charge in [0.15, 0.2) is 11.5 Å². The number of rotatable bonds is 6. The van der Waals surface area contributed by atoms with E-state index in [-0.39, 0.29) is 0 Å². The van der Waals surface area contributed by atoms with Gasteiger partial charge in [0.05, 0.1) is 24.6 Å². The predicted molar refractivity (Wildman–Crippen MR) is 110 cm³/mol. The highest BCUT2D eigenvalue weighted by molar-refractivity contribution is 6.31. The first-order valence-electron chi connectivity index (χ1n) is 8.42. The van der Waals surface area contributed by atoms with Gasteiger partial charge in [-0.1, -0.05) is 17.7 Å². The van der Waals surface area contributed by atoms with Crippen LogP contribution in [0.2, 0.25) is 5.02 Å². The number of nitrogens with one attached hydrogen (secondary N) is 1. The summed E-state index contributed by atoms with van der Waals surface area (Å²) in [5, 5.41) is 4.86. The van der Waals surface area contributed by atoms with Gasteiger partial charge >= 0.3 is 5.97 Å². The van der Waals surface area contributed by atoms with Crippen molar-refractivity contribution in [2.24, 2.45) is 5.10 Å². The Morgan fingerprint density at radius 2 is 1.89 bits per heavy atom. The molecule has 2 aromatic carbocycles. The van der Waals surface area contributed by atoms with Crippen LogP contribution in [0.15, 0.2) is 66.0 Å². The first kappa shape index (κ1) is 19.4. The van der Waals surface area contributed by atoms with E-state index in [2.05, 4.69) is 15.5 Å². The molecule has 0 aliphatic heterocycles. The van der Waals surface area contributed by atoms with Gasteiger partial charge in [-0.25, -0.2) is 4.79 Å². The number of esters is 1. The second-order valence-electron chi connectivity index (χ2n) is 5.87. The van der Waals surface area contributed by atoms with Crippen molar-refractivity contribution in [3.8, 4) is 11.5 Å². The molecule has 7 heteroatoms. The average molecular weight is 396 g/mol. The van der Waals surface area contributed by atoms with Gasteiger partial charge in [0.2, 0.25) is 0 Å². The molecular weight excluding hydrogens is 378 g/mol. The van der Waals surface area contributed by atoms with Crippen molar-refractivity contribution in [2.45, 2.75) is 6.92 Å². The molecule has 0 radical (unpaired) electrons. The van der Waals surface area contributed by atoms with E-state index in [9.17, 15) is 4.79 Å². The fourth-order valence-electron chi connectivity index (χ4n) is 2.34. The van der Waals surface area contributed by atoms with Crippen LogP contribution in [0.4, 0.5) is 5.69 Å². The van der Waals surface area contributed by atoms with Crippen LogP contribution < -0.4 is 14.9 Å². The first-order valence-corrected chi connectivity index (χ1v) is 8.80. The fourth-order valence-corrected chi connectivity index (χ4v) is 2.52. The minimum absolute atomic E-state index is 0.319. The molecule has 0 unspecified atom stereocenters. The average Bonchev–Trinajstić information content (AvgIpc) is 2.72. The number of benzene rings is 2. The van der Waals surface area contributed by atoms with Crippen LogP contribution in [0.25, 0.3) is 0 Å². The van der Waals surface area contributed by atoms with Crippen molar-refractivity contribution in [1.29, 1.82) is 0 Å². The Labute approximate surface area is 167 Å². The van der Waals surface area contributed by atoms with Crippen LogP contribution >= 0.6 is 11.6 Å². The minimum Gasteiger partial charge on any atom is -0.493 e. The first-order chi connectivity index (χ1) is 13.6. The van der Waals surface area contributed by atoms with Gasteiger partial charge in [-0.3, -0.25) is 10.4 Å². The number of methoxy groups -OCH3 is 1. The molecule has 0 saturated carbocycles. The Kier molecular flexibility index (Phi) is 6.24. The smallest absolute Gasteiger partial charge is 0.343 e. The lowest BCUT2D eigenvalue weighted by Gasteiger charge is -2.10. The summed E-state index contributed by atoms with van der Waals surface area (Å²) in [7, 11) is 1.51. The van der Waals surface area contributed by atoms with Gasteiger partial charge in [-0.15, -0.1) is 0 Å². The quantitative estimate of drug-likeness (QED) is 0.283. The van der Waals surface area contributed by atoms with Crippen LogP contribution in [0.1, 0.15) is 21.5 Å². The summed E-state index contributed by atoms with van der Waals surface area (Å²) in [5.41, 5.74) is 5.87. The van der Waals surface area contributed by atoms with Crippen LogP contribution in [-0.2, 0) is 0 Å². The number of halogens is 1. The van der Waals surface area contributed by atoms with E-state index < -0.39 is 5.97 Å². The van der Waals surface area contributed by atoms with Crippen LogP contribution in [-0.4, -0.2) is 24.3 Å². The Bertz CT molecular complexity index is 1010. The number of carbonyl (C=O) groups excluding carboxylic acids is 1. The maximum atomic E-state index is 12.2. The molecule has 1 heterocycles.